The molecule has 162 valence electrons. The number of ether oxygens (including phenoxy) is 4. The van der Waals surface area contributed by atoms with E-state index in [9.17, 15) is 0 Å². The van der Waals surface area contributed by atoms with Gasteiger partial charge in [-0.05, 0) is 50.4 Å². The van der Waals surface area contributed by atoms with E-state index in [1.54, 1.807) is 14.2 Å². The van der Waals surface area contributed by atoms with Gasteiger partial charge in [-0.15, -0.1) is 0 Å². The predicted octanol–water partition coefficient (Wildman–Crippen LogP) is 5.65. The molecule has 0 fully saturated rings. The van der Waals surface area contributed by atoms with Crippen molar-refractivity contribution in [2.24, 2.45) is 0 Å². The van der Waals surface area contributed by atoms with Gasteiger partial charge in [0.25, 0.3) is 0 Å². The molecule has 0 radical (unpaired) electrons. The molecule has 0 saturated carbocycles. The number of methoxy groups -OCH3 is 2. The number of hydrogen-bond donors (Lipinski definition) is 0. The Morgan fingerprint density at radius 2 is 1.03 bits per heavy atom. The van der Waals surface area contributed by atoms with Crippen LogP contribution in [0.2, 0.25) is 0 Å². The fraction of sp³-hybridized carbons (Fsp3) is 0.500. The highest BCUT2D eigenvalue weighted by Crippen LogP contribution is 2.69. The third-order valence-electron chi connectivity index (χ3n) is 5.54. The molecule has 2 aliphatic rings. The van der Waals surface area contributed by atoms with Crippen LogP contribution in [-0.2, 0) is 0 Å². The fourth-order valence-corrected chi connectivity index (χ4v) is 11.2. The molecular weight excluding hydrogens is 414 g/mol. The Morgan fingerprint density at radius 3 is 1.33 bits per heavy atom. The van der Waals surface area contributed by atoms with Gasteiger partial charge in [0.2, 0.25) is 0 Å². The van der Waals surface area contributed by atoms with Crippen LogP contribution in [-0.4, -0.2) is 36.2 Å². The van der Waals surface area contributed by atoms with Gasteiger partial charge in [0.1, 0.15) is 23.0 Å². The van der Waals surface area contributed by atoms with Crippen molar-refractivity contribution in [2.45, 2.75) is 63.5 Å². The second-order valence-corrected chi connectivity index (χ2v) is 15.8. The molecule has 6 heteroatoms. The molecule has 0 aromatic heterocycles. The summed E-state index contributed by atoms with van der Waals surface area (Å²) in [4.78, 5) is 0. The van der Waals surface area contributed by atoms with Crippen LogP contribution in [0.1, 0.15) is 41.5 Å². The normalized spacial score (nSPS) is 25.2. The Bertz CT molecular complexity index is 868. The van der Waals surface area contributed by atoms with Gasteiger partial charge in [-0.2, -0.15) is 0 Å². The van der Waals surface area contributed by atoms with Crippen molar-refractivity contribution >= 4 is 26.5 Å². The standard InChI is InChI=1S/C24H32O4P2/c1-23(2,3)29-19-15(25-7)11-9-13-17(19)27-21(29)22-28-18-14-10-12-16(26-8)20(18)30(22)24(4,5)6/h9-14,21-22H,1-8H3/t21-,22-,29-,30+/m0/s1. The summed E-state index contributed by atoms with van der Waals surface area (Å²) in [5, 5.41) is 2.54. The summed E-state index contributed by atoms with van der Waals surface area (Å²) in [5.41, 5.74) is 0. The molecule has 0 saturated heterocycles. The maximum absolute atomic E-state index is 6.70. The molecule has 2 aliphatic heterocycles. The van der Waals surface area contributed by atoms with Crippen molar-refractivity contribution in [2.75, 3.05) is 14.2 Å². The van der Waals surface area contributed by atoms with Crippen LogP contribution in [0, 0.1) is 0 Å². The molecule has 30 heavy (non-hydrogen) atoms. The highest BCUT2D eigenvalue weighted by Gasteiger charge is 2.55. The number of fused-ring (bicyclic) bond motifs is 2. The molecule has 2 aromatic rings. The maximum atomic E-state index is 6.70. The van der Waals surface area contributed by atoms with E-state index in [4.69, 9.17) is 18.9 Å². The number of benzene rings is 2. The third-order valence-corrected chi connectivity index (χ3v) is 12.3. The van der Waals surface area contributed by atoms with Crippen LogP contribution >= 0.6 is 15.8 Å². The van der Waals surface area contributed by atoms with Crippen molar-refractivity contribution in [3.8, 4) is 23.0 Å². The van der Waals surface area contributed by atoms with Crippen molar-refractivity contribution in [3.05, 3.63) is 36.4 Å². The van der Waals surface area contributed by atoms with E-state index in [2.05, 4.69) is 53.7 Å². The van der Waals surface area contributed by atoms with E-state index in [0.717, 1.165) is 23.0 Å². The van der Waals surface area contributed by atoms with E-state index >= 15 is 0 Å². The third kappa shape index (κ3) is 3.47. The van der Waals surface area contributed by atoms with Gasteiger partial charge in [-0.3, -0.25) is 0 Å². The lowest BCUT2D eigenvalue weighted by atomic mass is 10.2. The van der Waals surface area contributed by atoms with Crippen molar-refractivity contribution in [3.63, 3.8) is 0 Å². The fourth-order valence-electron chi connectivity index (χ4n) is 4.42. The van der Waals surface area contributed by atoms with E-state index in [-0.39, 0.29) is 22.0 Å². The molecule has 0 N–H and O–H groups in total. The topological polar surface area (TPSA) is 36.9 Å². The second kappa shape index (κ2) is 7.57. The minimum Gasteiger partial charge on any atom is -0.496 e. The SMILES string of the molecule is COc1cccc2c1[P@@](C(C)(C)C)[C@@H]([C@H]1Oc3cccc(OC)c3[P@]1C(C)(C)C)O2. The Labute approximate surface area is 182 Å². The monoisotopic (exact) mass is 446 g/mol. The first-order valence-electron chi connectivity index (χ1n) is 10.3. The minimum absolute atomic E-state index is 0.0336. The molecule has 0 bridgehead atoms. The molecule has 0 spiro atoms. The average molecular weight is 446 g/mol. The second-order valence-electron chi connectivity index (χ2n) is 9.71. The van der Waals surface area contributed by atoms with Gasteiger partial charge in [0.05, 0.1) is 24.8 Å². The number of rotatable bonds is 3. The molecule has 0 amide bonds. The molecule has 2 aromatic carbocycles. The van der Waals surface area contributed by atoms with Crippen molar-refractivity contribution < 1.29 is 18.9 Å². The largest absolute Gasteiger partial charge is 0.496 e. The molecule has 0 aliphatic carbocycles. The molecular formula is C24H32O4P2. The summed E-state index contributed by atoms with van der Waals surface area (Å²) in [5.74, 6) is 3.66. The highest BCUT2D eigenvalue weighted by atomic mass is 31.1. The van der Waals surface area contributed by atoms with E-state index < -0.39 is 15.8 Å². The van der Waals surface area contributed by atoms with Gasteiger partial charge in [-0.25, -0.2) is 0 Å². The Kier molecular flexibility index (Phi) is 5.48. The Balaban J connectivity index is 1.85. The predicted molar refractivity (Wildman–Crippen MR) is 127 cm³/mol. The van der Waals surface area contributed by atoms with Crippen LogP contribution in [0.3, 0.4) is 0 Å². The van der Waals surface area contributed by atoms with Gasteiger partial charge < -0.3 is 18.9 Å². The van der Waals surface area contributed by atoms with Crippen LogP contribution in [0.4, 0.5) is 0 Å². The lowest BCUT2D eigenvalue weighted by Crippen LogP contribution is -2.38. The van der Waals surface area contributed by atoms with Gasteiger partial charge in [-0.1, -0.05) is 53.7 Å². The van der Waals surface area contributed by atoms with Crippen molar-refractivity contribution in [1.82, 2.24) is 0 Å². The molecule has 0 unspecified atom stereocenters. The van der Waals surface area contributed by atoms with Crippen LogP contribution in [0.25, 0.3) is 0 Å². The van der Waals surface area contributed by atoms with Gasteiger partial charge in [0.15, 0.2) is 11.7 Å². The first-order valence-corrected chi connectivity index (χ1v) is 13.2. The lowest BCUT2D eigenvalue weighted by Gasteiger charge is -2.39. The molecule has 4 rings (SSSR count). The van der Waals surface area contributed by atoms with Crippen LogP contribution in [0.5, 0.6) is 23.0 Å². The van der Waals surface area contributed by atoms with Crippen LogP contribution in [0.15, 0.2) is 36.4 Å². The van der Waals surface area contributed by atoms with E-state index in [1.807, 2.05) is 24.3 Å². The highest BCUT2D eigenvalue weighted by molar-refractivity contribution is 7.72. The number of hydrogen-bond acceptors (Lipinski definition) is 4. The summed E-state index contributed by atoms with van der Waals surface area (Å²) < 4.78 is 24.9. The van der Waals surface area contributed by atoms with Crippen molar-refractivity contribution in [1.29, 1.82) is 0 Å². The first-order chi connectivity index (χ1) is 14.1. The molecule has 4 nitrogen and oxygen atoms in total. The molecule has 4 atom stereocenters. The quantitative estimate of drug-likeness (QED) is 0.571. The first kappa shape index (κ1) is 21.7. The van der Waals surface area contributed by atoms with Crippen LogP contribution < -0.4 is 29.6 Å². The van der Waals surface area contributed by atoms with Gasteiger partial charge in [0, 0.05) is 0 Å². The Morgan fingerprint density at radius 1 is 0.667 bits per heavy atom. The molecule has 2 heterocycles. The van der Waals surface area contributed by atoms with Gasteiger partial charge >= 0.3 is 0 Å². The zero-order chi connectivity index (χ0) is 21.8. The lowest BCUT2D eigenvalue weighted by molar-refractivity contribution is 0.171. The smallest absolute Gasteiger partial charge is 0.162 e. The summed E-state index contributed by atoms with van der Waals surface area (Å²) in [6.45, 7) is 13.8. The Hall–Kier alpha value is -1.50. The summed E-state index contributed by atoms with van der Waals surface area (Å²) in [6.07, 6.45) is 0. The van der Waals surface area contributed by atoms with E-state index in [0.29, 0.717) is 0 Å². The summed E-state index contributed by atoms with van der Waals surface area (Å²) >= 11 is 0. The average Bonchev–Trinajstić information content (AvgIpc) is 3.25. The zero-order valence-corrected chi connectivity index (χ0v) is 20.9. The van der Waals surface area contributed by atoms with E-state index in [1.165, 1.54) is 10.6 Å². The summed E-state index contributed by atoms with van der Waals surface area (Å²) in [6, 6.07) is 12.3. The zero-order valence-electron chi connectivity index (χ0n) is 19.1. The minimum atomic E-state index is -0.690. The maximum Gasteiger partial charge on any atom is 0.162 e. The summed E-state index contributed by atoms with van der Waals surface area (Å²) in [7, 11) is 2.11.